The summed E-state index contributed by atoms with van der Waals surface area (Å²) in [7, 11) is 0. The van der Waals surface area contributed by atoms with Gasteiger partial charge in [0.05, 0.1) is 5.76 Å². The highest BCUT2D eigenvalue weighted by molar-refractivity contribution is 7.13. The van der Waals surface area contributed by atoms with Gasteiger partial charge < -0.3 is 5.11 Å². The molecule has 84 valence electrons. The fraction of sp³-hybridized carbons (Fsp3) is 0.286. The van der Waals surface area contributed by atoms with Crippen LogP contribution in [0.15, 0.2) is 42.7 Å². The lowest BCUT2D eigenvalue weighted by atomic mass is 10.2. The summed E-state index contributed by atoms with van der Waals surface area (Å²) >= 11 is 1.82. The summed E-state index contributed by atoms with van der Waals surface area (Å²) in [6.45, 7) is 5.39. The first-order chi connectivity index (χ1) is 7.70. The van der Waals surface area contributed by atoms with Crippen molar-refractivity contribution < 1.29 is 5.11 Å². The van der Waals surface area contributed by atoms with E-state index >= 15 is 0 Å². The molecule has 0 amide bonds. The summed E-state index contributed by atoms with van der Waals surface area (Å²) in [4.78, 5) is 2.67. The number of allylic oxidation sites excluding steroid dienone is 5. The minimum Gasteiger partial charge on any atom is -0.513 e. The van der Waals surface area contributed by atoms with Crippen LogP contribution in [-0.4, -0.2) is 5.11 Å². The summed E-state index contributed by atoms with van der Waals surface area (Å²) in [5, 5.41) is 9.33. The fourth-order valence-corrected chi connectivity index (χ4v) is 2.82. The molecule has 0 radical (unpaired) electrons. The van der Waals surface area contributed by atoms with Crippen molar-refractivity contribution in [1.29, 1.82) is 0 Å². The van der Waals surface area contributed by atoms with Crippen LogP contribution >= 0.6 is 11.3 Å². The molecule has 1 N–H and O–H groups in total. The molecule has 1 saturated carbocycles. The first kappa shape index (κ1) is 11.2. The molecule has 0 bridgehead atoms. The molecule has 1 aromatic rings. The third-order valence-corrected chi connectivity index (χ3v) is 3.85. The van der Waals surface area contributed by atoms with Crippen molar-refractivity contribution in [3.63, 3.8) is 0 Å². The van der Waals surface area contributed by atoms with E-state index < -0.39 is 0 Å². The second-order valence-electron chi connectivity index (χ2n) is 4.12. The predicted molar refractivity (Wildman–Crippen MR) is 70.9 cm³/mol. The van der Waals surface area contributed by atoms with Gasteiger partial charge in [-0.25, -0.2) is 0 Å². The first-order valence-electron chi connectivity index (χ1n) is 5.51. The molecule has 1 nitrogen and oxygen atoms in total. The average Bonchev–Trinajstić information content (AvgIpc) is 2.96. The zero-order valence-corrected chi connectivity index (χ0v) is 10.3. The van der Waals surface area contributed by atoms with Gasteiger partial charge in [0.2, 0.25) is 0 Å². The molecule has 16 heavy (non-hydrogen) atoms. The van der Waals surface area contributed by atoms with E-state index in [1.165, 1.54) is 22.6 Å². The molecule has 0 atom stereocenters. The van der Waals surface area contributed by atoms with E-state index in [0.29, 0.717) is 5.76 Å². The Morgan fingerprint density at radius 3 is 2.81 bits per heavy atom. The van der Waals surface area contributed by atoms with E-state index in [2.05, 4.69) is 18.7 Å². The van der Waals surface area contributed by atoms with Crippen molar-refractivity contribution in [1.82, 2.24) is 0 Å². The van der Waals surface area contributed by atoms with Gasteiger partial charge in [-0.2, -0.15) is 0 Å². The Balaban J connectivity index is 2.27. The highest BCUT2D eigenvalue weighted by atomic mass is 32.1. The number of aliphatic hydroxyl groups is 1. The number of hydrogen-bond acceptors (Lipinski definition) is 2. The Hall–Kier alpha value is -1.28. The summed E-state index contributed by atoms with van der Waals surface area (Å²) in [6.07, 6.45) is 8.13. The maximum Gasteiger partial charge on any atom is 0.0898 e. The standard InChI is InChI=1S/C14H16OS/c1-3-4-12(9-10(2)15)14-8-7-13(16-14)11-5-6-11/h3-4,7-9,11,15H,1,5-6H2,2H3/b10-9+,12-4+. The van der Waals surface area contributed by atoms with Gasteiger partial charge in [-0.15, -0.1) is 11.3 Å². The lowest BCUT2D eigenvalue weighted by Crippen LogP contribution is -1.77. The van der Waals surface area contributed by atoms with Gasteiger partial charge >= 0.3 is 0 Å². The average molecular weight is 232 g/mol. The van der Waals surface area contributed by atoms with Gasteiger partial charge in [-0.05, 0) is 49.5 Å². The van der Waals surface area contributed by atoms with Crippen LogP contribution in [0.3, 0.4) is 0 Å². The lowest BCUT2D eigenvalue weighted by molar-refractivity contribution is 0.415. The zero-order chi connectivity index (χ0) is 11.5. The van der Waals surface area contributed by atoms with Crippen molar-refractivity contribution in [2.75, 3.05) is 0 Å². The Kier molecular flexibility index (Phi) is 3.30. The highest BCUT2D eigenvalue weighted by Gasteiger charge is 2.25. The maximum atomic E-state index is 9.33. The summed E-state index contributed by atoms with van der Waals surface area (Å²) < 4.78 is 0. The summed E-state index contributed by atoms with van der Waals surface area (Å²) in [5.41, 5.74) is 1.03. The van der Waals surface area contributed by atoms with Crippen LogP contribution in [0.2, 0.25) is 0 Å². The van der Waals surface area contributed by atoms with Crippen LogP contribution in [0.1, 0.15) is 35.4 Å². The zero-order valence-electron chi connectivity index (χ0n) is 9.44. The molecular weight excluding hydrogens is 216 g/mol. The summed E-state index contributed by atoms with van der Waals surface area (Å²) in [5.74, 6) is 1.12. The first-order valence-corrected chi connectivity index (χ1v) is 6.32. The molecule has 1 heterocycles. The smallest absolute Gasteiger partial charge is 0.0898 e. The van der Waals surface area contributed by atoms with E-state index in [4.69, 9.17) is 0 Å². The molecule has 0 saturated heterocycles. The maximum absolute atomic E-state index is 9.33. The summed E-state index contributed by atoms with van der Waals surface area (Å²) in [6, 6.07) is 4.34. The fourth-order valence-electron chi connectivity index (χ4n) is 1.65. The van der Waals surface area contributed by atoms with Gasteiger partial charge in [0, 0.05) is 9.75 Å². The topological polar surface area (TPSA) is 20.2 Å². The van der Waals surface area contributed by atoms with Crippen LogP contribution in [-0.2, 0) is 0 Å². The Morgan fingerprint density at radius 2 is 2.25 bits per heavy atom. The monoisotopic (exact) mass is 232 g/mol. The molecular formula is C14H16OS. The van der Waals surface area contributed by atoms with Crippen molar-refractivity contribution in [2.24, 2.45) is 0 Å². The lowest BCUT2D eigenvalue weighted by Gasteiger charge is -1.98. The Morgan fingerprint density at radius 1 is 1.50 bits per heavy atom. The second kappa shape index (κ2) is 4.71. The molecule has 1 fully saturated rings. The quantitative estimate of drug-likeness (QED) is 0.591. The molecule has 1 aliphatic rings. The van der Waals surface area contributed by atoms with Crippen LogP contribution in [0, 0.1) is 0 Å². The van der Waals surface area contributed by atoms with Crippen molar-refractivity contribution >= 4 is 16.9 Å². The molecule has 0 spiro atoms. The van der Waals surface area contributed by atoms with Crippen molar-refractivity contribution in [2.45, 2.75) is 25.7 Å². The minimum atomic E-state index is 0.328. The van der Waals surface area contributed by atoms with Crippen LogP contribution < -0.4 is 0 Å². The van der Waals surface area contributed by atoms with Crippen molar-refractivity contribution in [3.05, 3.63) is 52.5 Å². The second-order valence-corrected chi connectivity index (χ2v) is 5.24. The molecule has 0 unspecified atom stereocenters. The van der Waals surface area contributed by atoms with Crippen LogP contribution in [0.5, 0.6) is 0 Å². The van der Waals surface area contributed by atoms with Gasteiger partial charge in [0.25, 0.3) is 0 Å². The highest BCUT2D eigenvalue weighted by Crippen LogP contribution is 2.44. The SMILES string of the molecule is C=C/C=C(\C=C(/C)O)c1ccc(C2CC2)s1. The Labute approximate surface area is 100 Å². The molecule has 0 aliphatic heterocycles. The van der Waals surface area contributed by atoms with E-state index in [9.17, 15) is 5.11 Å². The van der Waals surface area contributed by atoms with Gasteiger partial charge in [0.15, 0.2) is 0 Å². The van der Waals surface area contributed by atoms with E-state index in [1.807, 2.05) is 17.4 Å². The molecule has 2 heteroatoms. The number of aliphatic hydroxyl groups excluding tert-OH is 1. The third-order valence-electron chi connectivity index (χ3n) is 2.55. The van der Waals surface area contributed by atoms with Crippen LogP contribution in [0.25, 0.3) is 5.57 Å². The van der Waals surface area contributed by atoms with E-state index in [0.717, 1.165) is 11.5 Å². The minimum absolute atomic E-state index is 0.328. The predicted octanol–water partition coefficient (Wildman–Crippen LogP) is 4.66. The Bertz CT molecular complexity index is 443. The molecule has 1 aliphatic carbocycles. The normalized spacial score (nSPS) is 17.6. The molecule has 1 aromatic heterocycles. The third kappa shape index (κ3) is 2.64. The number of rotatable bonds is 4. The number of hydrogen-bond donors (Lipinski definition) is 1. The molecule has 0 aromatic carbocycles. The van der Waals surface area contributed by atoms with E-state index in [1.54, 1.807) is 19.1 Å². The van der Waals surface area contributed by atoms with Crippen LogP contribution in [0.4, 0.5) is 0 Å². The van der Waals surface area contributed by atoms with E-state index in [-0.39, 0.29) is 0 Å². The molecule has 2 rings (SSSR count). The largest absolute Gasteiger partial charge is 0.513 e. The number of thiophene rings is 1. The van der Waals surface area contributed by atoms with Gasteiger partial charge in [-0.3, -0.25) is 0 Å². The van der Waals surface area contributed by atoms with Crippen molar-refractivity contribution in [3.8, 4) is 0 Å². The van der Waals surface area contributed by atoms with Gasteiger partial charge in [0.1, 0.15) is 0 Å². The van der Waals surface area contributed by atoms with Gasteiger partial charge in [-0.1, -0.05) is 18.7 Å².